The smallest absolute Gasteiger partial charge is 0.275 e. The summed E-state index contributed by atoms with van der Waals surface area (Å²) < 4.78 is 5.91. The number of carbonyl (C=O) groups excluding carboxylic acids is 1. The Morgan fingerprint density at radius 2 is 1.87 bits per heavy atom. The number of pyridine rings is 1. The van der Waals surface area contributed by atoms with Crippen molar-refractivity contribution in [1.82, 2.24) is 14.9 Å². The van der Waals surface area contributed by atoms with E-state index in [-0.39, 0.29) is 5.91 Å². The number of hydrogen-bond donors (Lipinski definition) is 1. The van der Waals surface area contributed by atoms with Gasteiger partial charge in [0.25, 0.3) is 5.91 Å². The molecule has 6 nitrogen and oxygen atoms in total. The van der Waals surface area contributed by atoms with Crippen molar-refractivity contribution in [3.8, 4) is 16.3 Å². The van der Waals surface area contributed by atoms with Crippen molar-refractivity contribution in [2.45, 2.75) is 26.7 Å². The van der Waals surface area contributed by atoms with Gasteiger partial charge >= 0.3 is 0 Å². The fraction of sp³-hybridized carbons (Fsp3) is 0.348. The van der Waals surface area contributed by atoms with Crippen molar-refractivity contribution in [3.63, 3.8) is 0 Å². The first-order valence-electron chi connectivity index (χ1n) is 10.3. The van der Waals surface area contributed by atoms with Crippen LogP contribution < -0.4 is 10.1 Å². The number of rotatable bonds is 11. The van der Waals surface area contributed by atoms with Crippen LogP contribution in [0.2, 0.25) is 0 Å². The Bertz CT molecular complexity index is 924. The minimum Gasteiger partial charge on any atom is -0.492 e. The monoisotopic (exact) mass is 424 g/mol. The summed E-state index contributed by atoms with van der Waals surface area (Å²) in [6.45, 7) is 8.08. The fourth-order valence-electron chi connectivity index (χ4n) is 3.12. The van der Waals surface area contributed by atoms with Gasteiger partial charge in [0.2, 0.25) is 0 Å². The second-order valence-corrected chi connectivity index (χ2v) is 7.80. The van der Waals surface area contributed by atoms with Crippen LogP contribution >= 0.6 is 11.3 Å². The number of benzene rings is 1. The number of thiazole rings is 1. The molecule has 0 fully saturated rings. The quantitative estimate of drug-likeness (QED) is 0.471. The van der Waals surface area contributed by atoms with Crippen LogP contribution in [-0.2, 0) is 0 Å². The Kier molecular flexibility index (Phi) is 8.35. The number of hydrogen-bond acceptors (Lipinski definition) is 6. The molecule has 0 aliphatic heterocycles. The summed E-state index contributed by atoms with van der Waals surface area (Å²) in [5.74, 6) is 0.511. The topological polar surface area (TPSA) is 67.3 Å². The highest BCUT2D eigenvalue weighted by atomic mass is 32.1. The summed E-state index contributed by atoms with van der Waals surface area (Å²) in [5, 5.41) is 5.47. The van der Waals surface area contributed by atoms with Gasteiger partial charge in [-0.3, -0.25) is 14.7 Å². The third kappa shape index (κ3) is 6.37. The van der Waals surface area contributed by atoms with E-state index in [0.717, 1.165) is 48.8 Å². The molecule has 1 N–H and O–H groups in total. The molecule has 0 unspecified atom stereocenters. The van der Waals surface area contributed by atoms with Gasteiger partial charge in [0.15, 0.2) is 0 Å². The standard InChI is InChI=1S/C23H28N4O2S/c1-3-12-27(13-4-2)14-15-29-20-7-5-6-19(16-20)25-22(28)21-17-30-23(26-21)18-8-10-24-11-9-18/h5-11,16-17H,3-4,12-15H2,1-2H3,(H,25,28). The second kappa shape index (κ2) is 11.4. The average Bonchev–Trinajstić information content (AvgIpc) is 3.26. The lowest BCUT2D eigenvalue weighted by Crippen LogP contribution is -2.30. The molecule has 30 heavy (non-hydrogen) atoms. The minimum atomic E-state index is -0.235. The van der Waals surface area contributed by atoms with Crippen molar-refractivity contribution in [1.29, 1.82) is 0 Å². The number of carbonyl (C=O) groups is 1. The van der Waals surface area contributed by atoms with Gasteiger partial charge < -0.3 is 10.1 Å². The molecule has 7 heteroatoms. The molecule has 0 spiro atoms. The van der Waals surface area contributed by atoms with Crippen LogP contribution in [0.25, 0.3) is 10.6 Å². The Hall–Kier alpha value is -2.77. The molecule has 3 aromatic rings. The zero-order chi connectivity index (χ0) is 21.2. The fourth-order valence-corrected chi connectivity index (χ4v) is 3.93. The average molecular weight is 425 g/mol. The lowest BCUT2D eigenvalue weighted by Gasteiger charge is -2.21. The van der Waals surface area contributed by atoms with Crippen LogP contribution in [0.3, 0.4) is 0 Å². The Morgan fingerprint density at radius 1 is 1.10 bits per heavy atom. The highest BCUT2D eigenvalue weighted by molar-refractivity contribution is 7.13. The van der Waals surface area contributed by atoms with Gasteiger partial charge in [-0.2, -0.15) is 0 Å². The van der Waals surface area contributed by atoms with Crippen molar-refractivity contribution in [2.75, 3.05) is 31.6 Å². The number of anilines is 1. The van der Waals surface area contributed by atoms with Gasteiger partial charge in [-0.1, -0.05) is 19.9 Å². The van der Waals surface area contributed by atoms with Crippen LogP contribution in [0.1, 0.15) is 37.2 Å². The van der Waals surface area contributed by atoms with Crippen molar-refractivity contribution in [2.24, 2.45) is 0 Å². The van der Waals surface area contributed by atoms with Gasteiger partial charge in [0, 0.05) is 41.6 Å². The summed E-state index contributed by atoms with van der Waals surface area (Å²) >= 11 is 1.44. The molecule has 1 amide bonds. The molecule has 0 saturated heterocycles. The number of ether oxygens (including phenoxy) is 1. The lowest BCUT2D eigenvalue weighted by atomic mass is 10.3. The molecule has 0 saturated carbocycles. The van der Waals surface area contributed by atoms with Gasteiger partial charge in [0.1, 0.15) is 23.1 Å². The largest absolute Gasteiger partial charge is 0.492 e. The molecule has 0 aliphatic carbocycles. The van der Waals surface area contributed by atoms with E-state index < -0.39 is 0 Å². The summed E-state index contributed by atoms with van der Waals surface area (Å²) in [6.07, 6.45) is 5.71. The Labute approximate surface area is 181 Å². The predicted molar refractivity (Wildman–Crippen MR) is 122 cm³/mol. The Balaban J connectivity index is 1.56. The zero-order valence-corrected chi connectivity index (χ0v) is 18.3. The molecule has 3 rings (SSSR count). The number of amides is 1. The highest BCUT2D eigenvalue weighted by Crippen LogP contribution is 2.24. The normalized spacial score (nSPS) is 10.9. The summed E-state index contributed by atoms with van der Waals surface area (Å²) in [6, 6.07) is 11.2. The molecule has 0 radical (unpaired) electrons. The van der Waals surface area contributed by atoms with Crippen molar-refractivity contribution < 1.29 is 9.53 Å². The van der Waals surface area contributed by atoms with Gasteiger partial charge in [-0.05, 0) is 50.2 Å². The summed E-state index contributed by atoms with van der Waals surface area (Å²) in [4.78, 5) is 23.5. The first-order chi connectivity index (χ1) is 14.7. The Morgan fingerprint density at radius 3 is 2.60 bits per heavy atom. The highest BCUT2D eigenvalue weighted by Gasteiger charge is 2.12. The van der Waals surface area contributed by atoms with Crippen LogP contribution in [0.15, 0.2) is 54.2 Å². The van der Waals surface area contributed by atoms with Crippen LogP contribution in [-0.4, -0.2) is 47.0 Å². The van der Waals surface area contributed by atoms with E-state index in [1.807, 2.05) is 36.4 Å². The van der Waals surface area contributed by atoms with Crippen LogP contribution in [0.4, 0.5) is 5.69 Å². The molecule has 0 bridgehead atoms. The molecular weight excluding hydrogens is 396 g/mol. The van der Waals surface area contributed by atoms with E-state index in [9.17, 15) is 4.79 Å². The summed E-state index contributed by atoms with van der Waals surface area (Å²) in [5.41, 5.74) is 2.03. The van der Waals surface area contributed by atoms with Crippen molar-refractivity contribution in [3.05, 3.63) is 59.9 Å². The van der Waals surface area contributed by atoms with Crippen LogP contribution in [0, 0.1) is 0 Å². The van der Waals surface area contributed by atoms with E-state index in [4.69, 9.17) is 4.74 Å². The molecule has 0 aliphatic rings. The third-order valence-electron chi connectivity index (χ3n) is 4.51. The zero-order valence-electron chi connectivity index (χ0n) is 17.5. The van der Waals surface area contributed by atoms with E-state index in [0.29, 0.717) is 18.0 Å². The number of nitrogens with zero attached hydrogens (tertiary/aromatic N) is 3. The second-order valence-electron chi connectivity index (χ2n) is 6.95. The molecular formula is C23H28N4O2S. The lowest BCUT2D eigenvalue weighted by molar-refractivity contribution is 0.102. The maximum Gasteiger partial charge on any atom is 0.275 e. The molecule has 2 heterocycles. The van der Waals surface area contributed by atoms with E-state index >= 15 is 0 Å². The first-order valence-corrected chi connectivity index (χ1v) is 11.2. The van der Waals surface area contributed by atoms with Crippen LogP contribution in [0.5, 0.6) is 5.75 Å². The first kappa shape index (κ1) is 21.9. The number of aromatic nitrogens is 2. The minimum absolute atomic E-state index is 0.235. The van der Waals surface area contributed by atoms with Gasteiger partial charge in [-0.15, -0.1) is 11.3 Å². The van der Waals surface area contributed by atoms with E-state index in [2.05, 4.69) is 34.0 Å². The van der Waals surface area contributed by atoms with E-state index in [1.165, 1.54) is 11.3 Å². The molecule has 2 aromatic heterocycles. The molecule has 0 atom stereocenters. The van der Waals surface area contributed by atoms with E-state index in [1.54, 1.807) is 17.8 Å². The maximum absolute atomic E-state index is 12.6. The van der Waals surface area contributed by atoms with Crippen molar-refractivity contribution >= 4 is 22.9 Å². The molecule has 1 aromatic carbocycles. The third-order valence-corrected chi connectivity index (χ3v) is 5.40. The SMILES string of the molecule is CCCN(CCC)CCOc1cccc(NC(=O)c2csc(-c3ccncc3)n2)c1. The van der Waals surface area contributed by atoms with Gasteiger partial charge in [-0.25, -0.2) is 4.98 Å². The summed E-state index contributed by atoms with van der Waals surface area (Å²) in [7, 11) is 0. The maximum atomic E-state index is 12.6. The predicted octanol–water partition coefficient (Wildman–Crippen LogP) is 4.96. The molecule has 158 valence electrons. The van der Waals surface area contributed by atoms with Gasteiger partial charge in [0.05, 0.1) is 0 Å². The number of nitrogens with one attached hydrogen (secondary N) is 1.